The number of halogens is 1. The summed E-state index contributed by atoms with van der Waals surface area (Å²) in [4.78, 5) is 12.0. The third-order valence-electron chi connectivity index (χ3n) is 3.37. The summed E-state index contributed by atoms with van der Waals surface area (Å²) >= 11 is 1.25. The number of benzene rings is 2. The van der Waals surface area contributed by atoms with Crippen LogP contribution in [0.2, 0.25) is 0 Å². The van der Waals surface area contributed by atoms with Crippen LogP contribution in [0.1, 0.15) is 17.0 Å². The number of aryl methyl sites for hydroxylation is 1. The number of nitrogens with zero attached hydrogens (tertiary/aromatic N) is 2. The average Bonchev–Trinajstić information content (AvgIpc) is 3.08. The second-order valence-corrected chi connectivity index (χ2v) is 6.34. The lowest BCUT2D eigenvalue weighted by Crippen LogP contribution is -2.12. The highest BCUT2D eigenvalue weighted by Gasteiger charge is 2.09. The van der Waals surface area contributed by atoms with E-state index in [0.717, 1.165) is 5.56 Å². The van der Waals surface area contributed by atoms with Crippen LogP contribution in [0, 0.1) is 5.82 Å². The van der Waals surface area contributed by atoms with Crippen LogP contribution in [-0.4, -0.2) is 16.1 Å². The van der Waals surface area contributed by atoms with E-state index in [1.807, 2.05) is 30.3 Å². The molecule has 128 valence electrons. The van der Waals surface area contributed by atoms with E-state index in [4.69, 9.17) is 4.74 Å². The molecule has 0 saturated heterocycles. The zero-order valence-electron chi connectivity index (χ0n) is 13.3. The number of hydrogen-bond donors (Lipinski definition) is 1. The molecule has 3 rings (SSSR count). The van der Waals surface area contributed by atoms with Crippen molar-refractivity contribution >= 4 is 22.4 Å². The van der Waals surface area contributed by atoms with E-state index >= 15 is 0 Å². The van der Waals surface area contributed by atoms with Crippen molar-refractivity contribution in [2.24, 2.45) is 0 Å². The Hall–Kier alpha value is -2.80. The van der Waals surface area contributed by atoms with E-state index in [1.54, 1.807) is 12.1 Å². The predicted molar refractivity (Wildman–Crippen MR) is 94.0 cm³/mol. The minimum Gasteiger partial charge on any atom is -0.486 e. The maximum atomic E-state index is 12.8. The molecule has 0 aliphatic rings. The number of carbonyl (C=O) groups excluding carboxylic acids is 1. The number of hydrogen-bond acceptors (Lipinski definition) is 5. The molecule has 2 aromatic carbocycles. The van der Waals surface area contributed by atoms with Gasteiger partial charge in [0, 0.05) is 6.42 Å². The van der Waals surface area contributed by atoms with Gasteiger partial charge < -0.3 is 10.1 Å². The van der Waals surface area contributed by atoms with Crippen molar-refractivity contribution in [2.75, 3.05) is 5.32 Å². The Kier molecular flexibility index (Phi) is 5.69. The lowest BCUT2D eigenvalue weighted by atomic mass is 10.1. The molecule has 0 radical (unpaired) electrons. The van der Waals surface area contributed by atoms with Crippen LogP contribution in [-0.2, 0) is 17.8 Å². The molecule has 25 heavy (non-hydrogen) atoms. The van der Waals surface area contributed by atoms with Gasteiger partial charge in [0.1, 0.15) is 18.2 Å². The number of nitrogens with one attached hydrogen (secondary N) is 1. The Morgan fingerprint density at radius 1 is 1.08 bits per heavy atom. The van der Waals surface area contributed by atoms with Crippen LogP contribution in [0.15, 0.2) is 54.6 Å². The van der Waals surface area contributed by atoms with Gasteiger partial charge in [-0.1, -0.05) is 41.7 Å². The number of rotatable bonds is 7. The molecule has 1 amide bonds. The van der Waals surface area contributed by atoms with Gasteiger partial charge in [0.15, 0.2) is 5.01 Å². The van der Waals surface area contributed by atoms with Crippen LogP contribution >= 0.6 is 11.3 Å². The fraction of sp³-hybridized carbons (Fsp3) is 0.167. The maximum Gasteiger partial charge on any atom is 0.226 e. The van der Waals surface area contributed by atoms with Gasteiger partial charge in [0.05, 0.1) is 0 Å². The van der Waals surface area contributed by atoms with Crippen LogP contribution in [0.5, 0.6) is 5.75 Å². The zero-order valence-corrected chi connectivity index (χ0v) is 14.1. The molecular formula is C18H16FN3O2S. The summed E-state index contributed by atoms with van der Waals surface area (Å²) in [5, 5.41) is 11.7. The Bertz CT molecular complexity index is 822. The quantitative estimate of drug-likeness (QED) is 0.698. The molecule has 0 aliphatic carbocycles. The third-order valence-corrected chi connectivity index (χ3v) is 4.18. The van der Waals surface area contributed by atoms with Crippen molar-refractivity contribution in [3.8, 4) is 5.75 Å². The molecule has 0 atom stereocenters. The fourth-order valence-electron chi connectivity index (χ4n) is 2.12. The normalized spacial score (nSPS) is 10.4. The first-order valence-corrected chi connectivity index (χ1v) is 8.55. The predicted octanol–water partition coefficient (Wildman–Crippen LogP) is 3.83. The lowest BCUT2D eigenvalue weighted by Gasteiger charge is -2.02. The molecule has 0 aliphatic heterocycles. The van der Waals surface area contributed by atoms with E-state index in [9.17, 15) is 9.18 Å². The Morgan fingerprint density at radius 2 is 1.84 bits per heavy atom. The minimum absolute atomic E-state index is 0.106. The molecule has 1 N–H and O–H groups in total. The molecular weight excluding hydrogens is 341 g/mol. The van der Waals surface area contributed by atoms with Gasteiger partial charge in [-0.3, -0.25) is 4.79 Å². The van der Waals surface area contributed by atoms with Gasteiger partial charge in [-0.15, -0.1) is 10.2 Å². The number of amides is 1. The van der Waals surface area contributed by atoms with Gasteiger partial charge >= 0.3 is 0 Å². The molecule has 7 heteroatoms. The van der Waals surface area contributed by atoms with Crippen LogP contribution in [0.4, 0.5) is 9.52 Å². The van der Waals surface area contributed by atoms with Crippen LogP contribution < -0.4 is 10.1 Å². The largest absolute Gasteiger partial charge is 0.486 e. The van der Waals surface area contributed by atoms with Gasteiger partial charge in [0.25, 0.3) is 0 Å². The zero-order chi connectivity index (χ0) is 17.5. The van der Waals surface area contributed by atoms with E-state index in [0.29, 0.717) is 28.7 Å². The molecule has 1 heterocycles. The first-order chi connectivity index (χ1) is 12.2. The number of anilines is 1. The highest BCUT2D eigenvalue weighted by atomic mass is 32.1. The topological polar surface area (TPSA) is 64.1 Å². The Labute approximate surface area is 148 Å². The molecule has 1 aromatic heterocycles. The molecule has 0 saturated carbocycles. The number of carbonyl (C=O) groups is 1. The smallest absolute Gasteiger partial charge is 0.226 e. The van der Waals surface area contributed by atoms with Crippen molar-refractivity contribution in [3.05, 3.63) is 71.0 Å². The van der Waals surface area contributed by atoms with Crippen molar-refractivity contribution in [1.29, 1.82) is 0 Å². The van der Waals surface area contributed by atoms with Gasteiger partial charge in [-0.05, 0) is 36.2 Å². The van der Waals surface area contributed by atoms with Gasteiger partial charge in [-0.2, -0.15) is 0 Å². The van der Waals surface area contributed by atoms with Crippen LogP contribution in [0.3, 0.4) is 0 Å². The summed E-state index contributed by atoms with van der Waals surface area (Å²) in [6.07, 6.45) is 1.05. The molecule has 0 fully saturated rings. The number of ether oxygens (including phenoxy) is 1. The summed E-state index contributed by atoms with van der Waals surface area (Å²) in [5.74, 6) is 0.125. The van der Waals surface area contributed by atoms with Crippen molar-refractivity contribution < 1.29 is 13.9 Å². The second-order valence-electron chi connectivity index (χ2n) is 5.28. The second kappa shape index (κ2) is 8.34. The van der Waals surface area contributed by atoms with E-state index in [-0.39, 0.29) is 18.3 Å². The van der Waals surface area contributed by atoms with Crippen LogP contribution in [0.25, 0.3) is 0 Å². The summed E-state index contributed by atoms with van der Waals surface area (Å²) in [7, 11) is 0. The highest BCUT2D eigenvalue weighted by Crippen LogP contribution is 2.19. The minimum atomic E-state index is -0.316. The van der Waals surface area contributed by atoms with Crippen molar-refractivity contribution in [3.63, 3.8) is 0 Å². The molecule has 0 unspecified atom stereocenters. The maximum absolute atomic E-state index is 12.8. The molecule has 0 bridgehead atoms. The summed E-state index contributed by atoms with van der Waals surface area (Å²) < 4.78 is 18.3. The Morgan fingerprint density at radius 3 is 2.60 bits per heavy atom. The summed E-state index contributed by atoms with van der Waals surface area (Å²) in [6, 6.07) is 15.6. The van der Waals surface area contributed by atoms with Gasteiger partial charge in [-0.25, -0.2) is 4.39 Å². The first kappa shape index (κ1) is 17.0. The van der Waals surface area contributed by atoms with Gasteiger partial charge in [0.2, 0.25) is 11.0 Å². The van der Waals surface area contributed by atoms with Crippen molar-refractivity contribution in [2.45, 2.75) is 19.4 Å². The monoisotopic (exact) mass is 357 g/mol. The average molecular weight is 357 g/mol. The summed E-state index contributed by atoms with van der Waals surface area (Å²) in [6.45, 7) is 0.211. The third kappa shape index (κ3) is 5.36. The molecule has 0 spiro atoms. The standard InChI is InChI=1S/C18H16FN3O2S/c19-14-7-9-15(10-8-14)24-12-17-21-22-18(25-17)20-16(23)11-6-13-4-2-1-3-5-13/h1-5,7-10H,6,11-12H2,(H,20,22,23). The van der Waals surface area contributed by atoms with E-state index < -0.39 is 0 Å². The molecule has 5 nitrogen and oxygen atoms in total. The highest BCUT2D eigenvalue weighted by molar-refractivity contribution is 7.15. The van der Waals surface area contributed by atoms with E-state index in [2.05, 4.69) is 15.5 Å². The number of aromatic nitrogens is 2. The first-order valence-electron chi connectivity index (χ1n) is 7.73. The SMILES string of the molecule is O=C(CCc1ccccc1)Nc1nnc(COc2ccc(F)cc2)s1. The Balaban J connectivity index is 1.46. The lowest BCUT2D eigenvalue weighted by molar-refractivity contribution is -0.116. The van der Waals surface area contributed by atoms with E-state index in [1.165, 1.54) is 23.5 Å². The summed E-state index contributed by atoms with van der Waals surface area (Å²) in [5.41, 5.74) is 1.11. The molecule has 3 aromatic rings. The van der Waals surface area contributed by atoms with Crippen molar-refractivity contribution in [1.82, 2.24) is 10.2 Å². The fourth-order valence-corrected chi connectivity index (χ4v) is 2.79.